The van der Waals surface area contributed by atoms with E-state index in [9.17, 15) is 28.1 Å². The molecule has 6 nitrogen and oxygen atoms in total. The Morgan fingerprint density at radius 2 is 1.74 bits per heavy atom. The van der Waals surface area contributed by atoms with Crippen LogP contribution in [-0.2, 0) is 6.18 Å². The van der Waals surface area contributed by atoms with Crippen LogP contribution in [0, 0.1) is 17.0 Å². The third-order valence-electron chi connectivity index (χ3n) is 3.92. The number of nitro benzene ring substituents is 1. The van der Waals surface area contributed by atoms with Crippen molar-refractivity contribution in [1.29, 1.82) is 0 Å². The third kappa shape index (κ3) is 3.71. The molecular formula is C18H12F3N3O3. The molecule has 138 valence electrons. The van der Waals surface area contributed by atoms with Gasteiger partial charge in [-0.1, -0.05) is 12.1 Å². The van der Waals surface area contributed by atoms with Crippen molar-refractivity contribution in [3.05, 3.63) is 86.3 Å². The molecule has 0 radical (unpaired) electrons. The number of aromatic nitrogens is 2. The first-order valence-corrected chi connectivity index (χ1v) is 7.70. The maximum Gasteiger partial charge on any atom is 0.416 e. The highest BCUT2D eigenvalue weighted by Gasteiger charge is 2.30. The van der Waals surface area contributed by atoms with Crippen molar-refractivity contribution in [1.82, 2.24) is 9.78 Å². The average Bonchev–Trinajstić information content (AvgIpc) is 2.63. The number of hydrogen-bond acceptors (Lipinski definition) is 4. The Morgan fingerprint density at radius 3 is 2.33 bits per heavy atom. The molecule has 3 aromatic rings. The van der Waals surface area contributed by atoms with Crippen molar-refractivity contribution >= 4 is 5.69 Å². The summed E-state index contributed by atoms with van der Waals surface area (Å²) in [5, 5.41) is 15.1. The maximum absolute atomic E-state index is 12.7. The van der Waals surface area contributed by atoms with Crippen molar-refractivity contribution in [3.8, 4) is 16.8 Å². The van der Waals surface area contributed by atoms with Gasteiger partial charge in [-0.05, 0) is 36.8 Å². The van der Waals surface area contributed by atoms with Gasteiger partial charge < -0.3 is 0 Å². The van der Waals surface area contributed by atoms with Gasteiger partial charge >= 0.3 is 6.18 Å². The largest absolute Gasteiger partial charge is 0.416 e. The molecule has 2 aromatic carbocycles. The summed E-state index contributed by atoms with van der Waals surface area (Å²) in [6.45, 7) is 1.61. The van der Waals surface area contributed by atoms with Crippen LogP contribution in [0.15, 0.2) is 59.4 Å². The summed E-state index contributed by atoms with van der Waals surface area (Å²) in [6, 6.07) is 11.1. The average molecular weight is 375 g/mol. The minimum Gasteiger partial charge on any atom is -0.267 e. The van der Waals surface area contributed by atoms with E-state index < -0.39 is 22.2 Å². The van der Waals surface area contributed by atoms with Crippen LogP contribution in [0.25, 0.3) is 16.8 Å². The van der Waals surface area contributed by atoms with Crippen molar-refractivity contribution < 1.29 is 18.1 Å². The van der Waals surface area contributed by atoms with Gasteiger partial charge in [-0.25, -0.2) is 0 Å². The highest BCUT2D eigenvalue weighted by Crippen LogP contribution is 2.29. The van der Waals surface area contributed by atoms with Gasteiger partial charge in [0.05, 0.1) is 21.9 Å². The fourth-order valence-electron chi connectivity index (χ4n) is 2.60. The van der Waals surface area contributed by atoms with Crippen LogP contribution < -0.4 is 5.56 Å². The Labute approximate surface area is 150 Å². The molecule has 0 unspecified atom stereocenters. The number of rotatable bonds is 3. The molecule has 0 spiro atoms. The topological polar surface area (TPSA) is 78.0 Å². The summed E-state index contributed by atoms with van der Waals surface area (Å²) in [7, 11) is 0. The lowest BCUT2D eigenvalue weighted by molar-refractivity contribution is -0.384. The lowest BCUT2D eigenvalue weighted by Gasteiger charge is -2.11. The van der Waals surface area contributed by atoms with E-state index in [2.05, 4.69) is 5.10 Å². The van der Waals surface area contributed by atoms with Crippen LogP contribution in [0.3, 0.4) is 0 Å². The number of halogens is 3. The number of benzene rings is 2. The molecule has 0 amide bonds. The molecule has 0 aliphatic heterocycles. The Hall–Kier alpha value is -3.49. The molecule has 9 heteroatoms. The molecule has 0 bridgehead atoms. The van der Waals surface area contributed by atoms with E-state index in [0.717, 1.165) is 28.9 Å². The zero-order valence-corrected chi connectivity index (χ0v) is 13.9. The summed E-state index contributed by atoms with van der Waals surface area (Å²) >= 11 is 0. The SMILES string of the molecule is Cc1nn(-c2ccc(C(F)(F)F)cc2)c(=O)cc1-c1cccc([N+](=O)[O-])c1. The minimum absolute atomic E-state index is 0.126. The molecule has 0 saturated carbocycles. The second-order valence-corrected chi connectivity index (χ2v) is 5.75. The molecule has 27 heavy (non-hydrogen) atoms. The molecule has 0 aliphatic rings. The number of nitro groups is 1. The normalized spacial score (nSPS) is 11.4. The molecule has 3 rings (SSSR count). The zero-order valence-electron chi connectivity index (χ0n) is 13.9. The maximum atomic E-state index is 12.7. The van der Waals surface area contributed by atoms with Gasteiger partial charge in [-0.2, -0.15) is 23.0 Å². The van der Waals surface area contributed by atoms with Crippen LogP contribution in [0.5, 0.6) is 0 Å². The molecule has 1 heterocycles. The quantitative estimate of drug-likeness (QED) is 0.509. The van der Waals surface area contributed by atoms with E-state index in [1.807, 2.05) is 0 Å². The summed E-state index contributed by atoms with van der Waals surface area (Å²) in [5.74, 6) is 0. The van der Waals surface area contributed by atoms with Gasteiger partial charge in [0.2, 0.25) is 0 Å². The highest BCUT2D eigenvalue weighted by molar-refractivity contribution is 5.67. The van der Waals surface area contributed by atoms with Crippen molar-refractivity contribution in [2.24, 2.45) is 0 Å². The fourth-order valence-corrected chi connectivity index (χ4v) is 2.60. The number of hydrogen-bond donors (Lipinski definition) is 0. The van der Waals surface area contributed by atoms with Gasteiger partial charge in [0.15, 0.2) is 0 Å². The first-order chi connectivity index (χ1) is 12.7. The Balaban J connectivity index is 2.04. The fraction of sp³-hybridized carbons (Fsp3) is 0.111. The number of nitrogens with zero attached hydrogens (tertiary/aromatic N) is 3. The smallest absolute Gasteiger partial charge is 0.267 e. The highest BCUT2D eigenvalue weighted by atomic mass is 19.4. The standard InChI is InChI=1S/C18H12F3N3O3/c1-11-16(12-3-2-4-15(9-12)24(26)27)10-17(25)23(22-11)14-7-5-13(6-8-14)18(19,20)21/h2-10H,1H3. The Morgan fingerprint density at radius 1 is 1.07 bits per heavy atom. The van der Waals surface area contributed by atoms with E-state index >= 15 is 0 Å². The third-order valence-corrected chi connectivity index (χ3v) is 3.92. The zero-order chi connectivity index (χ0) is 19.8. The molecule has 0 fully saturated rings. The van der Waals surface area contributed by atoms with E-state index in [0.29, 0.717) is 16.8 Å². The summed E-state index contributed by atoms with van der Waals surface area (Å²) in [6.07, 6.45) is -4.47. The molecule has 0 N–H and O–H groups in total. The number of alkyl halides is 3. The lowest BCUT2D eigenvalue weighted by atomic mass is 10.0. The monoisotopic (exact) mass is 375 g/mol. The molecule has 0 aliphatic carbocycles. The minimum atomic E-state index is -4.47. The second kappa shape index (κ2) is 6.67. The van der Waals surface area contributed by atoms with Gasteiger partial charge in [-0.15, -0.1) is 0 Å². The van der Waals surface area contributed by atoms with E-state index in [-0.39, 0.29) is 11.4 Å². The lowest BCUT2D eigenvalue weighted by Crippen LogP contribution is -2.22. The number of aryl methyl sites for hydroxylation is 1. The summed E-state index contributed by atoms with van der Waals surface area (Å²) in [5.41, 5.74) is -0.0839. The van der Waals surface area contributed by atoms with Crippen LogP contribution in [0.4, 0.5) is 18.9 Å². The van der Waals surface area contributed by atoms with Crippen LogP contribution in [0.1, 0.15) is 11.3 Å². The van der Waals surface area contributed by atoms with Gasteiger partial charge in [0.25, 0.3) is 11.2 Å². The van der Waals surface area contributed by atoms with Gasteiger partial charge in [-0.3, -0.25) is 14.9 Å². The van der Waals surface area contributed by atoms with E-state index in [1.54, 1.807) is 13.0 Å². The van der Waals surface area contributed by atoms with Crippen molar-refractivity contribution in [3.63, 3.8) is 0 Å². The Kier molecular flexibility index (Phi) is 4.52. The van der Waals surface area contributed by atoms with E-state index in [4.69, 9.17) is 0 Å². The molecule has 1 aromatic heterocycles. The predicted octanol–water partition coefficient (Wildman–Crippen LogP) is 4.13. The van der Waals surface area contributed by atoms with Crippen molar-refractivity contribution in [2.45, 2.75) is 13.1 Å². The molecule has 0 atom stereocenters. The Bertz CT molecular complexity index is 1070. The summed E-state index contributed by atoms with van der Waals surface area (Å²) < 4.78 is 39.0. The van der Waals surface area contributed by atoms with Crippen molar-refractivity contribution in [2.75, 3.05) is 0 Å². The van der Waals surface area contributed by atoms with Gasteiger partial charge in [0.1, 0.15) is 0 Å². The van der Waals surface area contributed by atoms with E-state index in [1.165, 1.54) is 24.3 Å². The van der Waals surface area contributed by atoms with Crippen LogP contribution in [-0.4, -0.2) is 14.7 Å². The van der Waals surface area contributed by atoms with Crippen LogP contribution in [0.2, 0.25) is 0 Å². The molecule has 0 saturated heterocycles. The van der Waals surface area contributed by atoms with Crippen LogP contribution >= 0.6 is 0 Å². The second-order valence-electron chi connectivity index (χ2n) is 5.75. The first kappa shape index (κ1) is 18.3. The summed E-state index contributed by atoms with van der Waals surface area (Å²) in [4.78, 5) is 22.8. The number of non-ortho nitro benzene ring substituents is 1. The predicted molar refractivity (Wildman–Crippen MR) is 91.7 cm³/mol. The first-order valence-electron chi connectivity index (χ1n) is 7.70. The van der Waals surface area contributed by atoms with Gasteiger partial charge in [0, 0.05) is 23.8 Å². The molecular weight excluding hydrogens is 363 g/mol.